The van der Waals surface area contributed by atoms with Gasteiger partial charge in [0.1, 0.15) is 11.2 Å². The van der Waals surface area contributed by atoms with Crippen molar-refractivity contribution in [2.24, 2.45) is 0 Å². The third-order valence-electron chi connectivity index (χ3n) is 10.1. The van der Waals surface area contributed by atoms with Crippen LogP contribution in [0.15, 0.2) is 193 Å². The molecule has 6 heteroatoms. The highest BCUT2D eigenvalue weighted by molar-refractivity contribution is 6.10. The second kappa shape index (κ2) is 13.0. The summed E-state index contributed by atoms with van der Waals surface area (Å²) < 4.78 is 69.8. The van der Waals surface area contributed by atoms with Crippen LogP contribution in [0, 0.1) is 0 Å². The van der Waals surface area contributed by atoms with Gasteiger partial charge in [0.15, 0.2) is 17.5 Å². The van der Waals surface area contributed by atoms with Crippen LogP contribution in [0.3, 0.4) is 0 Å². The largest absolute Gasteiger partial charge is 0.455 e. The molecular weight excluding hydrogens is 687 g/mol. The second-order valence-electron chi connectivity index (χ2n) is 13.3. The first-order valence-corrected chi connectivity index (χ1v) is 18.0. The van der Waals surface area contributed by atoms with Crippen molar-refractivity contribution in [3.63, 3.8) is 0 Å². The van der Waals surface area contributed by atoms with Crippen LogP contribution in [0.2, 0.25) is 0 Å². The van der Waals surface area contributed by atoms with Crippen LogP contribution in [0.5, 0.6) is 0 Å². The highest BCUT2D eigenvalue weighted by Gasteiger charge is 2.20. The van der Waals surface area contributed by atoms with Gasteiger partial charge in [-0.15, -0.1) is 0 Å². The maximum absolute atomic E-state index is 9.13. The van der Waals surface area contributed by atoms with Crippen molar-refractivity contribution in [2.75, 3.05) is 0 Å². The first-order valence-electron chi connectivity index (χ1n) is 21.5. The smallest absolute Gasteiger partial charge is 0.166 e. The maximum Gasteiger partial charge on any atom is 0.166 e. The van der Waals surface area contributed by atoms with Crippen LogP contribution < -0.4 is 0 Å². The van der Waals surface area contributed by atoms with E-state index in [1.54, 1.807) is 29.1 Å². The number of para-hydroxylation sites is 5. The van der Waals surface area contributed by atoms with E-state index in [1.165, 1.54) is 6.07 Å². The number of hydrogen-bond donors (Lipinski definition) is 0. The third kappa shape index (κ3) is 5.27. The van der Waals surface area contributed by atoms with Crippen molar-refractivity contribution in [3.05, 3.63) is 188 Å². The van der Waals surface area contributed by atoms with Crippen LogP contribution in [-0.4, -0.2) is 24.5 Å². The van der Waals surface area contributed by atoms with E-state index in [0.717, 1.165) is 49.8 Å². The Hall–Kier alpha value is -7.70. The monoisotopic (exact) mass is 724 g/mol. The molecule has 0 N–H and O–H groups in total. The zero-order valence-electron chi connectivity index (χ0n) is 36.5. The summed E-state index contributed by atoms with van der Waals surface area (Å²) in [5.41, 5.74) is 7.91. The Morgan fingerprint density at radius 1 is 0.446 bits per heavy atom. The predicted octanol–water partition coefficient (Wildman–Crippen LogP) is 12.6. The fourth-order valence-electron chi connectivity index (χ4n) is 7.48. The van der Waals surface area contributed by atoms with Crippen molar-refractivity contribution < 1.29 is 14.0 Å². The fourth-order valence-corrected chi connectivity index (χ4v) is 7.48. The lowest BCUT2D eigenvalue weighted by atomic mass is 10.00. The Morgan fingerprint density at radius 3 is 1.98 bits per heavy atom. The summed E-state index contributed by atoms with van der Waals surface area (Å²) in [6.07, 6.45) is 3.49. The van der Waals surface area contributed by atoms with Gasteiger partial charge in [-0.05, 0) is 65.2 Å². The molecule has 11 aromatic rings. The lowest BCUT2D eigenvalue weighted by Crippen LogP contribution is -2.03. The molecular formula is C50H31N5O. The Kier molecular flexibility index (Phi) is 5.89. The second-order valence-corrected chi connectivity index (χ2v) is 13.3. The molecule has 0 saturated carbocycles. The van der Waals surface area contributed by atoms with Crippen molar-refractivity contribution in [2.45, 2.75) is 0 Å². The molecule has 6 nitrogen and oxygen atoms in total. The van der Waals surface area contributed by atoms with Gasteiger partial charge in [0.25, 0.3) is 0 Å². The van der Waals surface area contributed by atoms with Crippen molar-refractivity contribution in [1.29, 1.82) is 0 Å². The first-order chi connectivity index (χ1) is 30.7. The summed E-state index contributed by atoms with van der Waals surface area (Å²) in [6.45, 7) is 0. The van der Waals surface area contributed by atoms with E-state index in [-0.39, 0.29) is 57.8 Å². The summed E-state index contributed by atoms with van der Waals surface area (Å²) >= 11 is 0. The molecule has 4 aromatic heterocycles. The van der Waals surface area contributed by atoms with Gasteiger partial charge in [-0.2, -0.15) is 0 Å². The number of fused-ring (bicyclic) bond motifs is 6. The SMILES string of the molecule is [2H]c1cc([2H])c2c(c1[2H])c1c([2H])c([2H])c([2H])c([2H])c1n2-c1ccccc1-c1nc(-c2ccc(-c3ccncc3)cc2)nc(-c2cccc(-c3cccc4c3oc3ccccc34)c2)n1. The standard InChI is InChI=1S/C50H31N5O/c1-5-19-43-38(13-1)39-14-2-6-20-44(39)55(43)45-21-7-3-16-42(45)50-53-48(34-25-23-32(24-26-34)33-27-29-51-30-28-33)52-49(54-50)36-12-9-11-35(31-36)37-17-10-18-41-40-15-4-8-22-46(40)56-47(37)41/h1-31H/i1D,2D,5D,13D,14D,19D,20D. The molecule has 0 aliphatic heterocycles. The van der Waals surface area contributed by atoms with Gasteiger partial charge in [-0.1, -0.05) is 127 Å². The van der Waals surface area contributed by atoms with E-state index >= 15 is 0 Å². The molecule has 56 heavy (non-hydrogen) atoms. The summed E-state index contributed by atoms with van der Waals surface area (Å²) in [6, 6.07) is 40.0. The summed E-state index contributed by atoms with van der Waals surface area (Å²) in [5.74, 6) is 1.02. The van der Waals surface area contributed by atoms with Crippen LogP contribution in [0.4, 0.5) is 0 Å². The van der Waals surface area contributed by atoms with Gasteiger partial charge in [0.2, 0.25) is 0 Å². The van der Waals surface area contributed by atoms with Crippen molar-refractivity contribution in [1.82, 2.24) is 24.5 Å². The molecule has 0 saturated heterocycles. The van der Waals surface area contributed by atoms with E-state index in [2.05, 4.69) is 17.1 Å². The molecule has 0 radical (unpaired) electrons. The molecule has 0 bridgehead atoms. The number of aromatic nitrogens is 5. The summed E-state index contributed by atoms with van der Waals surface area (Å²) in [5, 5.41) is 2.18. The van der Waals surface area contributed by atoms with Gasteiger partial charge in [0, 0.05) is 56.2 Å². The van der Waals surface area contributed by atoms with Crippen molar-refractivity contribution in [3.8, 4) is 62.1 Å². The summed E-state index contributed by atoms with van der Waals surface area (Å²) in [7, 11) is 0. The van der Waals surface area contributed by atoms with E-state index in [0.29, 0.717) is 28.5 Å². The lowest BCUT2D eigenvalue weighted by Gasteiger charge is -2.15. The molecule has 7 aromatic carbocycles. The van der Waals surface area contributed by atoms with Gasteiger partial charge in [-0.25, -0.2) is 15.0 Å². The van der Waals surface area contributed by atoms with Gasteiger partial charge < -0.3 is 8.98 Å². The number of hydrogen-bond acceptors (Lipinski definition) is 5. The van der Waals surface area contributed by atoms with Crippen LogP contribution >= 0.6 is 0 Å². The minimum absolute atomic E-state index is 0.0565. The predicted molar refractivity (Wildman–Crippen MR) is 226 cm³/mol. The lowest BCUT2D eigenvalue weighted by molar-refractivity contribution is 0.670. The third-order valence-corrected chi connectivity index (χ3v) is 10.1. The molecule has 0 amide bonds. The fraction of sp³-hybridized carbons (Fsp3) is 0. The Bertz CT molecular complexity index is 3660. The number of pyridine rings is 1. The normalized spacial score (nSPS) is 13.3. The van der Waals surface area contributed by atoms with Crippen LogP contribution in [0.1, 0.15) is 9.60 Å². The number of benzene rings is 7. The molecule has 0 fully saturated rings. The maximum atomic E-state index is 9.13. The van der Waals surface area contributed by atoms with Gasteiger partial charge in [0.05, 0.1) is 26.3 Å². The van der Waals surface area contributed by atoms with Gasteiger partial charge in [-0.3, -0.25) is 4.98 Å². The highest BCUT2D eigenvalue weighted by atomic mass is 16.3. The highest BCUT2D eigenvalue weighted by Crippen LogP contribution is 2.39. The zero-order valence-corrected chi connectivity index (χ0v) is 29.5. The van der Waals surface area contributed by atoms with Gasteiger partial charge >= 0.3 is 0 Å². The molecule has 11 rings (SSSR count). The number of furan rings is 1. The van der Waals surface area contributed by atoms with E-state index in [9.17, 15) is 0 Å². The molecule has 262 valence electrons. The van der Waals surface area contributed by atoms with Crippen LogP contribution in [0.25, 0.3) is 106 Å². The Balaban J connectivity index is 1.15. The molecule has 0 unspecified atom stereocenters. The minimum Gasteiger partial charge on any atom is -0.455 e. The molecule has 0 atom stereocenters. The average molecular weight is 725 g/mol. The quantitative estimate of drug-likeness (QED) is 0.171. The minimum atomic E-state index is -0.471. The molecule has 0 spiro atoms. The topological polar surface area (TPSA) is 69.6 Å². The van der Waals surface area contributed by atoms with E-state index < -0.39 is 12.1 Å². The summed E-state index contributed by atoms with van der Waals surface area (Å²) in [4.78, 5) is 19.4. The van der Waals surface area contributed by atoms with E-state index in [4.69, 9.17) is 29.0 Å². The van der Waals surface area contributed by atoms with Crippen molar-refractivity contribution >= 4 is 43.7 Å². The number of nitrogens with zero attached hydrogens (tertiary/aromatic N) is 5. The Morgan fingerprint density at radius 2 is 1.09 bits per heavy atom. The zero-order chi connectivity index (χ0) is 43.1. The molecule has 0 aliphatic rings. The Labute approximate surface area is 331 Å². The molecule has 4 heterocycles. The van der Waals surface area contributed by atoms with E-state index in [1.807, 2.05) is 103 Å². The number of rotatable bonds is 6. The first kappa shape index (κ1) is 25.3. The molecule has 0 aliphatic carbocycles. The average Bonchev–Trinajstić information content (AvgIpc) is 3.90. The van der Waals surface area contributed by atoms with Crippen LogP contribution in [-0.2, 0) is 0 Å².